The minimum atomic E-state index is -0.391. The van der Waals surface area contributed by atoms with E-state index in [9.17, 15) is 0 Å². The first-order valence-corrected chi connectivity index (χ1v) is 16.0. The van der Waals surface area contributed by atoms with Gasteiger partial charge in [-0.15, -0.1) is 0 Å². The highest BCUT2D eigenvalue weighted by Crippen LogP contribution is 2.35. The zero-order valence-corrected chi connectivity index (χ0v) is 25.6. The van der Waals surface area contributed by atoms with Crippen molar-refractivity contribution >= 4 is 66.5 Å². The van der Waals surface area contributed by atoms with E-state index >= 15 is 0 Å². The normalized spacial score (nSPS) is 14.9. The van der Waals surface area contributed by atoms with Crippen molar-refractivity contribution in [2.45, 2.75) is 6.17 Å². The lowest BCUT2D eigenvalue weighted by Gasteiger charge is -2.24. The topological polar surface area (TPSA) is 75.9 Å². The summed E-state index contributed by atoms with van der Waals surface area (Å²) >= 11 is 0. The molecule has 0 aliphatic carbocycles. The van der Waals surface area contributed by atoms with Crippen molar-refractivity contribution < 1.29 is 8.83 Å². The van der Waals surface area contributed by atoms with Crippen LogP contribution in [0.3, 0.4) is 0 Å². The largest absolute Gasteiger partial charge is 0.456 e. The lowest BCUT2D eigenvalue weighted by Crippen LogP contribution is -2.33. The molecular formula is C42H26N4O2. The summed E-state index contributed by atoms with van der Waals surface area (Å²) in [5.41, 5.74) is 8.19. The van der Waals surface area contributed by atoms with Crippen molar-refractivity contribution in [3.8, 4) is 11.1 Å². The van der Waals surface area contributed by atoms with Crippen LogP contribution in [0, 0.1) is 0 Å². The fourth-order valence-electron chi connectivity index (χ4n) is 6.92. The molecule has 1 aliphatic heterocycles. The second-order valence-electron chi connectivity index (χ2n) is 12.1. The molecule has 1 aliphatic rings. The SMILES string of the molecule is c1ccc2cc(-c3ccc(C4N=C(c5cccc6oc7ncccc7c56)N=C(c5cccc6oc7ccccc7c56)N4)cc3)ccc2c1. The summed E-state index contributed by atoms with van der Waals surface area (Å²) in [6.45, 7) is 0. The molecule has 48 heavy (non-hydrogen) atoms. The maximum atomic E-state index is 6.25. The molecular weight excluding hydrogens is 592 g/mol. The number of hydrogen-bond acceptors (Lipinski definition) is 6. The zero-order valence-electron chi connectivity index (χ0n) is 25.6. The summed E-state index contributed by atoms with van der Waals surface area (Å²) in [7, 11) is 0. The molecule has 4 heterocycles. The first-order valence-electron chi connectivity index (χ1n) is 16.0. The highest BCUT2D eigenvalue weighted by atomic mass is 16.3. The number of aromatic nitrogens is 1. The van der Waals surface area contributed by atoms with Gasteiger partial charge in [-0.25, -0.2) is 15.0 Å². The molecule has 1 atom stereocenters. The zero-order chi connectivity index (χ0) is 31.6. The van der Waals surface area contributed by atoms with Gasteiger partial charge >= 0.3 is 0 Å². The Hall–Kier alpha value is -6.53. The Morgan fingerprint density at radius 2 is 1.25 bits per heavy atom. The Morgan fingerprint density at radius 3 is 2.15 bits per heavy atom. The van der Waals surface area contributed by atoms with Crippen molar-refractivity contribution in [3.05, 3.63) is 162 Å². The van der Waals surface area contributed by atoms with Crippen molar-refractivity contribution in [1.29, 1.82) is 0 Å². The Kier molecular flexibility index (Phi) is 5.84. The van der Waals surface area contributed by atoms with Crippen LogP contribution >= 0.6 is 0 Å². The van der Waals surface area contributed by atoms with Gasteiger partial charge in [0.05, 0.1) is 0 Å². The number of aliphatic imine (C=N–C) groups is 2. The smallest absolute Gasteiger partial charge is 0.227 e. The van der Waals surface area contributed by atoms with Crippen molar-refractivity contribution in [3.63, 3.8) is 0 Å². The van der Waals surface area contributed by atoms with Crippen LogP contribution in [0.1, 0.15) is 22.9 Å². The van der Waals surface area contributed by atoms with Gasteiger partial charge in [0.1, 0.15) is 28.8 Å². The molecule has 3 aromatic heterocycles. The summed E-state index contributed by atoms with van der Waals surface area (Å²) in [5, 5.41) is 10.1. The summed E-state index contributed by atoms with van der Waals surface area (Å²) in [6.07, 6.45) is 1.36. The van der Waals surface area contributed by atoms with Crippen LogP contribution in [-0.2, 0) is 0 Å². The molecule has 1 unspecified atom stereocenters. The Bertz CT molecular complexity index is 2770. The molecule has 1 N–H and O–H groups in total. The number of nitrogens with zero attached hydrogens (tertiary/aromatic N) is 3. The van der Waals surface area contributed by atoms with E-state index in [0.29, 0.717) is 11.5 Å². The molecule has 6 heteroatoms. The van der Waals surface area contributed by atoms with Crippen LogP contribution in [0.4, 0.5) is 0 Å². The minimum absolute atomic E-state index is 0.391. The Balaban J connectivity index is 1.14. The van der Waals surface area contributed by atoms with Crippen LogP contribution in [0.2, 0.25) is 0 Å². The van der Waals surface area contributed by atoms with Gasteiger partial charge in [0.2, 0.25) is 5.71 Å². The molecule has 0 saturated carbocycles. The third-order valence-corrected chi connectivity index (χ3v) is 9.22. The fourth-order valence-corrected chi connectivity index (χ4v) is 6.92. The number of fused-ring (bicyclic) bond motifs is 7. The van der Waals surface area contributed by atoms with E-state index in [1.54, 1.807) is 6.20 Å². The quantitative estimate of drug-likeness (QED) is 0.213. The second kappa shape index (κ2) is 10.5. The van der Waals surface area contributed by atoms with E-state index in [1.807, 2.05) is 54.6 Å². The number of rotatable bonds is 4. The predicted octanol–water partition coefficient (Wildman–Crippen LogP) is 10.2. The van der Waals surface area contributed by atoms with Gasteiger partial charge in [0.25, 0.3) is 0 Å². The maximum Gasteiger partial charge on any atom is 0.227 e. The van der Waals surface area contributed by atoms with Gasteiger partial charge in [-0.3, -0.25) is 0 Å². The third-order valence-electron chi connectivity index (χ3n) is 9.22. The molecule has 6 aromatic carbocycles. The molecule has 9 aromatic rings. The number of benzene rings is 6. The first kappa shape index (κ1) is 26.7. The van der Waals surface area contributed by atoms with Gasteiger partial charge in [0, 0.05) is 38.9 Å². The van der Waals surface area contributed by atoms with Crippen LogP contribution in [0.25, 0.3) is 65.9 Å². The van der Waals surface area contributed by atoms with Crippen molar-refractivity contribution in [2.24, 2.45) is 9.98 Å². The highest BCUT2D eigenvalue weighted by molar-refractivity contribution is 6.25. The molecule has 10 rings (SSSR count). The summed E-state index contributed by atoms with van der Waals surface area (Å²) < 4.78 is 12.4. The van der Waals surface area contributed by atoms with E-state index < -0.39 is 6.17 Å². The van der Waals surface area contributed by atoms with Crippen LogP contribution in [0.5, 0.6) is 0 Å². The van der Waals surface area contributed by atoms with Gasteiger partial charge in [-0.1, -0.05) is 103 Å². The number of hydrogen-bond donors (Lipinski definition) is 1. The Morgan fingerprint density at radius 1 is 0.542 bits per heavy atom. The Labute approximate surface area is 274 Å². The van der Waals surface area contributed by atoms with Crippen LogP contribution < -0.4 is 5.32 Å². The standard InChI is InChI=1S/C42H26N4O2/c1-2-9-28-24-29(22-19-25(28)8-1)26-17-20-27(21-18-26)39-44-40(31-11-5-15-35-37(31)30-10-3-4-14-34(30)47-35)46-41(45-39)32-12-6-16-36-38(32)33-13-7-23-43-42(33)48-36/h1-24,39H,(H,44,45,46). The molecule has 6 nitrogen and oxygen atoms in total. The van der Waals surface area contributed by atoms with Crippen molar-refractivity contribution in [1.82, 2.24) is 10.3 Å². The fraction of sp³-hybridized carbons (Fsp3) is 0.0238. The van der Waals surface area contributed by atoms with E-state index in [-0.39, 0.29) is 0 Å². The molecule has 0 spiro atoms. The van der Waals surface area contributed by atoms with E-state index in [0.717, 1.165) is 66.4 Å². The van der Waals surface area contributed by atoms with E-state index in [1.165, 1.54) is 16.3 Å². The number of amidine groups is 2. The molecule has 0 amide bonds. The maximum absolute atomic E-state index is 6.25. The monoisotopic (exact) mass is 618 g/mol. The number of pyridine rings is 1. The average Bonchev–Trinajstić information content (AvgIpc) is 3.73. The van der Waals surface area contributed by atoms with Crippen LogP contribution in [0.15, 0.2) is 165 Å². The van der Waals surface area contributed by atoms with Crippen LogP contribution in [-0.4, -0.2) is 16.7 Å². The summed E-state index contributed by atoms with van der Waals surface area (Å²) in [5.74, 6) is 1.35. The predicted molar refractivity (Wildman–Crippen MR) is 194 cm³/mol. The summed E-state index contributed by atoms with van der Waals surface area (Å²) in [6, 6.07) is 47.9. The molecule has 0 bridgehead atoms. The lowest BCUT2D eigenvalue weighted by molar-refractivity contribution is 0.654. The lowest BCUT2D eigenvalue weighted by atomic mass is 9.99. The number of para-hydroxylation sites is 1. The molecule has 226 valence electrons. The van der Waals surface area contributed by atoms with Gasteiger partial charge < -0.3 is 14.2 Å². The third kappa shape index (κ3) is 4.23. The molecule has 0 fully saturated rings. The average molecular weight is 619 g/mol. The number of nitrogens with one attached hydrogen (secondary N) is 1. The van der Waals surface area contributed by atoms with Gasteiger partial charge in [-0.05, 0) is 63.9 Å². The molecule has 0 radical (unpaired) electrons. The van der Waals surface area contributed by atoms with E-state index in [2.05, 4.69) is 95.2 Å². The number of furan rings is 2. The minimum Gasteiger partial charge on any atom is -0.456 e. The first-order chi connectivity index (χ1) is 23.8. The highest BCUT2D eigenvalue weighted by Gasteiger charge is 2.25. The second-order valence-corrected chi connectivity index (χ2v) is 12.1. The van der Waals surface area contributed by atoms with Gasteiger partial charge in [0.15, 0.2) is 5.84 Å². The van der Waals surface area contributed by atoms with E-state index in [4.69, 9.17) is 18.8 Å². The van der Waals surface area contributed by atoms with Gasteiger partial charge in [-0.2, -0.15) is 0 Å². The molecule has 0 saturated heterocycles. The van der Waals surface area contributed by atoms with Crippen molar-refractivity contribution in [2.75, 3.05) is 0 Å². The summed E-state index contributed by atoms with van der Waals surface area (Å²) in [4.78, 5) is 14.9.